The number of sulfonamides is 1. The number of aryl methyl sites for hydroxylation is 1. The minimum Gasteiger partial charge on any atom is -0.392 e. The van der Waals surface area contributed by atoms with E-state index in [1.54, 1.807) is 43.3 Å². The van der Waals surface area contributed by atoms with E-state index in [1.165, 1.54) is 6.07 Å². The number of anilines is 1. The first-order valence-electron chi connectivity index (χ1n) is 5.92. The highest BCUT2D eigenvalue weighted by atomic mass is 79.9. The summed E-state index contributed by atoms with van der Waals surface area (Å²) in [5.41, 5.74) is 1.66. The molecule has 0 atom stereocenters. The van der Waals surface area contributed by atoms with Gasteiger partial charge in [-0.05, 0) is 52.2 Å². The van der Waals surface area contributed by atoms with Crippen molar-refractivity contribution in [2.75, 3.05) is 4.72 Å². The van der Waals surface area contributed by atoms with Gasteiger partial charge < -0.3 is 5.11 Å². The van der Waals surface area contributed by atoms with Crippen molar-refractivity contribution in [3.05, 3.63) is 58.1 Å². The molecule has 0 saturated carbocycles. The SMILES string of the molecule is Cc1ccc(CO)cc1S(=O)(=O)Nc1ccccc1Br. The summed E-state index contributed by atoms with van der Waals surface area (Å²) < 4.78 is 28.1. The van der Waals surface area contributed by atoms with Crippen molar-refractivity contribution < 1.29 is 13.5 Å². The van der Waals surface area contributed by atoms with E-state index in [0.717, 1.165) is 0 Å². The standard InChI is InChI=1S/C14H14BrNO3S/c1-10-6-7-11(9-17)8-14(10)20(18,19)16-13-5-3-2-4-12(13)15/h2-8,16-17H,9H2,1H3. The highest BCUT2D eigenvalue weighted by Crippen LogP contribution is 2.26. The van der Waals surface area contributed by atoms with Crippen LogP contribution in [0.4, 0.5) is 5.69 Å². The first-order valence-corrected chi connectivity index (χ1v) is 8.19. The maximum atomic E-state index is 12.4. The fraction of sp³-hybridized carbons (Fsp3) is 0.143. The summed E-state index contributed by atoms with van der Waals surface area (Å²) in [6.45, 7) is 1.52. The van der Waals surface area contributed by atoms with Gasteiger partial charge in [-0.15, -0.1) is 0 Å². The lowest BCUT2D eigenvalue weighted by atomic mass is 10.2. The highest BCUT2D eigenvalue weighted by Gasteiger charge is 2.18. The molecule has 0 spiro atoms. The van der Waals surface area contributed by atoms with Gasteiger partial charge in [-0.3, -0.25) is 4.72 Å². The van der Waals surface area contributed by atoms with Gasteiger partial charge in [0.05, 0.1) is 17.2 Å². The third kappa shape index (κ3) is 3.20. The van der Waals surface area contributed by atoms with Crippen molar-refractivity contribution in [2.45, 2.75) is 18.4 Å². The first-order chi connectivity index (χ1) is 9.44. The van der Waals surface area contributed by atoms with Crippen LogP contribution in [0.2, 0.25) is 0 Å². The Kier molecular flexibility index (Phi) is 4.47. The number of aliphatic hydroxyl groups is 1. The maximum Gasteiger partial charge on any atom is 0.262 e. The predicted octanol–water partition coefficient (Wildman–Crippen LogP) is 3.05. The van der Waals surface area contributed by atoms with Crippen LogP contribution >= 0.6 is 15.9 Å². The lowest BCUT2D eigenvalue weighted by molar-refractivity contribution is 0.281. The Morgan fingerprint density at radius 2 is 1.90 bits per heavy atom. The number of benzene rings is 2. The number of aliphatic hydroxyl groups excluding tert-OH is 1. The molecular formula is C14H14BrNO3S. The topological polar surface area (TPSA) is 66.4 Å². The third-order valence-electron chi connectivity index (χ3n) is 2.84. The molecular weight excluding hydrogens is 342 g/mol. The Bertz CT molecular complexity index is 729. The van der Waals surface area contributed by atoms with E-state index in [0.29, 0.717) is 21.3 Å². The minimum absolute atomic E-state index is 0.166. The minimum atomic E-state index is -3.69. The second kappa shape index (κ2) is 5.95. The van der Waals surface area contributed by atoms with Crippen LogP contribution in [-0.2, 0) is 16.6 Å². The largest absolute Gasteiger partial charge is 0.392 e. The average molecular weight is 356 g/mol. The monoisotopic (exact) mass is 355 g/mol. The quantitative estimate of drug-likeness (QED) is 0.885. The molecule has 0 fully saturated rings. The van der Waals surface area contributed by atoms with E-state index in [9.17, 15) is 8.42 Å². The van der Waals surface area contributed by atoms with Gasteiger partial charge in [0.15, 0.2) is 0 Å². The maximum absolute atomic E-state index is 12.4. The summed E-state index contributed by atoms with van der Waals surface area (Å²) >= 11 is 3.30. The molecule has 6 heteroatoms. The van der Waals surface area contributed by atoms with Gasteiger partial charge in [-0.25, -0.2) is 8.42 Å². The van der Waals surface area contributed by atoms with Crippen LogP contribution in [0, 0.1) is 6.92 Å². The second-order valence-electron chi connectivity index (χ2n) is 4.34. The van der Waals surface area contributed by atoms with Gasteiger partial charge in [-0.2, -0.15) is 0 Å². The van der Waals surface area contributed by atoms with Gasteiger partial charge in [0, 0.05) is 4.47 Å². The van der Waals surface area contributed by atoms with Gasteiger partial charge in [0.25, 0.3) is 10.0 Å². The molecule has 0 aromatic heterocycles. The molecule has 2 aromatic rings. The summed E-state index contributed by atoms with van der Waals surface area (Å²) in [4.78, 5) is 0.166. The van der Waals surface area contributed by atoms with Crippen LogP contribution in [0.15, 0.2) is 51.8 Å². The Hall–Kier alpha value is -1.37. The fourth-order valence-electron chi connectivity index (χ4n) is 1.78. The van der Waals surface area contributed by atoms with Crippen LogP contribution in [0.1, 0.15) is 11.1 Å². The van der Waals surface area contributed by atoms with Gasteiger partial charge in [0.2, 0.25) is 0 Å². The molecule has 0 saturated heterocycles. The van der Waals surface area contributed by atoms with Crippen molar-refractivity contribution in [1.29, 1.82) is 0 Å². The zero-order chi connectivity index (χ0) is 14.8. The van der Waals surface area contributed by atoms with Crippen LogP contribution in [-0.4, -0.2) is 13.5 Å². The summed E-state index contributed by atoms with van der Waals surface area (Å²) in [6, 6.07) is 11.8. The lowest BCUT2D eigenvalue weighted by Gasteiger charge is -2.12. The van der Waals surface area contributed by atoms with Gasteiger partial charge >= 0.3 is 0 Å². The number of hydrogen-bond acceptors (Lipinski definition) is 3. The molecule has 0 aliphatic carbocycles. The zero-order valence-corrected chi connectivity index (χ0v) is 13.2. The van der Waals surface area contributed by atoms with E-state index >= 15 is 0 Å². The molecule has 2 N–H and O–H groups in total. The van der Waals surface area contributed by atoms with E-state index < -0.39 is 10.0 Å². The number of nitrogens with one attached hydrogen (secondary N) is 1. The average Bonchev–Trinajstić information content (AvgIpc) is 2.41. The Morgan fingerprint density at radius 1 is 1.20 bits per heavy atom. The Balaban J connectivity index is 2.43. The Labute approximate surface area is 126 Å². The van der Waals surface area contributed by atoms with E-state index in [2.05, 4.69) is 20.7 Å². The molecule has 0 aliphatic rings. The molecule has 4 nitrogen and oxygen atoms in total. The molecule has 0 heterocycles. The number of halogens is 1. The molecule has 2 aromatic carbocycles. The predicted molar refractivity (Wildman–Crippen MR) is 82.1 cm³/mol. The summed E-state index contributed by atoms with van der Waals surface area (Å²) in [6.07, 6.45) is 0. The van der Waals surface area contributed by atoms with Crippen LogP contribution in [0.3, 0.4) is 0 Å². The lowest BCUT2D eigenvalue weighted by Crippen LogP contribution is -2.15. The van der Waals surface area contributed by atoms with Gasteiger partial charge in [0.1, 0.15) is 0 Å². The molecule has 0 aliphatic heterocycles. The van der Waals surface area contributed by atoms with E-state index in [1.807, 2.05) is 0 Å². The van der Waals surface area contributed by atoms with Crippen molar-refractivity contribution in [3.8, 4) is 0 Å². The summed E-state index contributed by atoms with van der Waals surface area (Å²) in [5.74, 6) is 0. The van der Waals surface area contributed by atoms with Crippen molar-refractivity contribution in [2.24, 2.45) is 0 Å². The van der Waals surface area contributed by atoms with Crippen LogP contribution in [0.25, 0.3) is 0 Å². The van der Waals surface area contributed by atoms with Crippen LogP contribution in [0.5, 0.6) is 0 Å². The van der Waals surface area contributed by atoms with Crippen molar-refractivity contribution in [1.82, 2.24) is 0 Å². The van der Waals surface area contributed by atoms with Crippen molar-refractivity contribution >= 4 is 31.6 Å². The third-order valence-corrected chi connectivity index (χ3v) is 5.04. The fourth-order valence-corrected chi connectivity index (χ4v) is 3.67. The van der Waals surface area contributed by atoms with E-state index in [-0.39, 0.29) is 11.5 Å². The Morgan fingerprint density at radius 3 is 2.55 bits per heavy atom. The molecule has 20 heavy (non-hydrogen) atoms. The van der Waals surface area contributed by atoms with E-state index in [4.69, 9.17) is 5.11 Å². The smallest absolute Gasteiger partial charge is 0.262 e. The number of rotatable bonds is 4. The zero-order valence-electron chi connectivity index (χ0n) is 10.8. The second-order valence-corrected chi connectivity index (χ2v) is 6.85. The molecule has 2 rings (SSSR count). The van der Waals surface area contributed by atoms with Crippen molar-refractivity contribution in [3.63, 3.8) is 0 Å². The summed E-state index contributed by atoms with van der Waals surface area (Å²) in [5, 5.41) is 9.13. The first kappa shape index (κ1) is 15.0. The molecule has 106 valence electrons. The van der Waals surface area contributed by atoms with Gasteiger partial charge in [-0.1, -0.05) is 24.3 Å². The molecule has 0 unspecified atom stereocenters. The summed E-state index contributed by atoms with van der Waals surface area (Å²) in [7, 11) is -3.69. The molecule has 0 amide bonds. The number of hydrogen-bond donors (Lipinski definition) is 2. The molecule has 0 radical (unpaired) electrons. The highest BCUT2D eigenvalue weighted by molar-refractivity contribution is 9.10. The normalized spacial score (nSPS) is 11.3. The number of para-hydroxylation sites is 1. The van der Waals surface area contributed by atoms with Crippen LogP contribution < -0.4 is 4.72 Å². The molecule has 0 bridgehead atoms.